The highest BCUT2D eigenvalue weighted by atomic mass is 32.2. The molecule has 2 fully saturated rings. The van der Waals surface area contributed by atoms with Crippen molar-refractivity contribution >= 4 is 33.4 Å². The molecule has 2 atom stereocenters. The number of imide groups is 1. The highest BCUT2D eigenvalue weighted by Crippen LogP contribution is 2.35. The van der Waals surface area contributed by atoms with E-state index in [2.05, 4.69) is 5.32 Å². The van der Waals surface area contributed by atoms with Gasteiger partial charge in [-0.2, -0.15) is 4.31 Å². The van der Waals surface area contributed by atoms with Gasteiger partial charge in [-0.3, -0.25) is 19.3 Å². The van der Waals surface area contributed by atoms with Gasteiger partial charge in [-0.25, -0.2) is 8.42 Å². The molecule has 0 saturated carbocycles. The molecule has 2 aliphatic heterocycles. The Morgan fingerprint density at radius 3 is 2.28 bits per heavy atom. The Balaban J connectivity index is 1.41. The fourth-order valence-corrected chi connectivity index (χ4v) is 6.21. The van der Waals surface area contributed by atoms with Crippen molar-refractivity contribution in [3.63, 3.8) is 0 Å². The van der Waals surface area contributed by atoms with Gasteiger partial charge in [0.1, 0.15) is 0 Å². The maximum absolute atomic E-state index is 13.0. The molecular weight excluding hydrogens is 430 g/mol. The van der Waals surface area contributed by atoms with Gasteiger partial charge in [0.2, 0.25) is 27.7 Å². The molecular formula is C23H29N3O5S. The van der Waals surface area contributed by atoms with E-state index in [1.807, 2.05) is 12.2 Å². The third-order valence-corrected chi connectivity index (χ3v) is 8.49. The molecule has 8 nitrogen and oxygen atoms in total. The Bertz CT molecular complexity index is 1030. The average Bonchev–Trinajstić information content (AvgIpc) is 3.04. The molecule has 1 aliphatic carbocycles. The van der Waals surface area contributed by atoms with E-state index in [0.717, 1.165) is 24.8 Å². The molecule has 1 N–H and O–H groups in total. The van der Waals surface area contributed by atoms with E-state index in [1.54, 1.807) is 19.1 Å². The van der Waals surface area contributed by atoms with Gasteiger partial charge in [-0.15, -0.1) is 0 Å². The number of benzene rings is 1. The number of carbonyl (C=O) groups is 3. The summed E-state index contributed by atoms with van der Waals surface area (Å²) in [7, 11) is -3.61. The molecule has 0 unspecified atom stereocenters. The van der Waals surface area contributed by atoms with Gasteiger partial charge in [0, 0.05) is 31.7 Å². The second-order valence-electron chi connectivity index (χ2n) is 8.72. The molecule has 3 amide bonds. The summed E-state index contributed by atoms with van der Waals surface area (Å²) in [6.07, 6.45) is 7.67. The first-order valence-electron chi connectivity index (χ1n) is 11.2. The predicted octanol–water partition coefficient (Wildman–Crippen LogP) is 2.45. The second kappa shape index (κ2) is 9.15. The van der Waals surface area contributed by atoms with Crippen molar-refractivity contribution in [1.29, 1.82) is 0 Å². The number of allylic oxidation sites excluding steroid dienone is 2. The molecule has 172 valence electrons. The molecule has 4 rings (SSSR count). The largest absolute Gasteiger partial charge is 0.326 e. The van der Waals surface area contributed by atoms with E-state index in [9.17, 15) is 22.8 Å². The summed E-state index contributed by atoms with van der Waals surface area (Å²) in [6.45, 7) is 2.83. The van der Waals surface area contributed by atoms with Crippen LogP contribution < -0.4 is 5.32 Å². The van der Waals surface area contributed by atoms with Crippen LogP contribution in [0.25, 0.3) is 0 Å². The van der Waals surface area contributed by atoms with Crippen LogP contribution in [0.1, 0.15) is 44.1 Å². The fraction of sp³-hybridized carbons (Fsp3) is 0.522. The number of amides is 3. The minimum atomic E-state index is -3.61. The summed E-state index contributed by atoms with van der Waals surface area (Å²) < 4.78 is 27.4. The Morgan fingerprint density at radius 1 is 1.03 bits per heavy atom. The van der Waals surface area contributed by atoms with Gasteiger partial charge >= 0.3 is 0 Å². The lowest BCUT2D eigenvalue weighted by atomic mass is 9.85. The maximum Gasteiger partial charge on any atom is 0.243 e. The molecule has 0 spiro atoms. The van der Waals surface area contributed by atoms with Crippen molar-refractivity contribution in [2.24, 2.45) is 11.8 Å². The van der Waals surface area contributed by atoms with Crippen molar-refractivity contribution in [3.05, 3.63) is 35.9 Å². The average molecular weight is 460 g/mol. The zero-order valence-electron chi connectivity index (χ0n) is 18.2. The molecule has 1 aromatic carbocycles. The van der Waals surface area contributed by atoms with Crippen LogP contribution in [0.5, 0.6) is 0 Å². The number of nitrogens with one attached hydrogen (secondary N) is 1. The summed E-state index contributed by atoms with van der Waals surface area (Å²) in [5, 5.41) is 2.76. The lowest BCUT2D eigenvalue weighted by Gasteiger charge is -2.26. The number of hydrogen-bond donors (Lipinski definition) is 1. The van der Waals surface area contributed by atoms with Crippen molar-refractivity contribution in [2.75, 3.05) is 25.0 Å². The van der Waals surface area contributed by atoms with Crippen LogP contribution in [-0.2, 0) is 24.4 Å². The molecule has 3 aliphatic rings. The number of piperidine rings is 1. The van der Waals surface area contributed by atoms with Gasteiger partial charge in [-0.05, 0) is 50.3 Å². The van der Waals surface area contributed by atoms with E-state index < -0.39 is 10.0 Å². The molecule has 32 heavy (non-hydrogen) atoms. The van der Waals surface area contributed by atoms with Crippen LogP contribution in [0.4, 0.5) is 5.69 Å². The first-order chi connectivity index (χ1) is 15.3. The lowest BCUT2D eigenvalue weighted by molar-refractivity contribution is -0.140. The minimum absolute atomic E-state index is 0.0291. The zero-order valence-corrected chi connectivity index (χ0v) is 19.1. The number of hydrogen-bond acceptors (Lipinski definition) is 5. The summed E-state index contributed by atoms with van der Waals surface area (Å²) >= 11 is 0. The molecule has 0 radical (unpaired) electrons. The van der Waals surface area contributed by atoms with E-state index >= 15 is 0 Å². The van der Waals surface area contributed by atoms with E-state index in [1.165, 1.54) is 15.3 Å². The van der Waals surface area contributed by atoms with Gasteiger partial charge in [0.05, 0.1) is 16.7 Å². The Hall–Kier alpha value is -2.52. The number of carbonyl (C=O) groups excluding carboxylic acids is 3. The lowest BCUT2D eigenvalue weighted by Crippen LogP contribution is -2.35. The number of aryl methyl sites for hydroxylation is 1. The van der Waals surface area contributed by atoms with Crippen molar-refractivity contribution in [3.8, 4) is 0 Å². The maximum atomic E-state index is 13.0. The molecule has 1 aromatic rings. The number of sulfonamides is 1. The van der Waals surface area contributed by atoms with Gasteiger partial charge < -0.3 is 5.32 Å². The number of fused-ring (bicyclic) bond motifs is 1. The van der Waals surface area contributed by atoms with Crippen molar-refractivity contribution in [2.45, 2.75) is 50.3 Å². The summed E-state index contributed by atoms with van der Waals surface area (Å²) in [6, 6.07) is 4.73. The van der Waals surface area contributed by atoms with Crippen LogP contribution in [0.3, 0.4) is 0 Å². The van der Waals surface area contributed by atoms with Crippen molar-refractivity contribution in [1.82, 2.24) is 9.21 Å². The first kappa shape index (κ1) is 22.7. The van der Waals surface area contributed by atoms with Gasteiger partial charge in [0.25, 0.3) is 0 Å². The Labute approximate surface area is 188 Å². The highest BCUT2D eigenvalue weighted by Gasteiger charge is 2.46. The molecule has 2 heterocycles. The van der Waals surface area contributed by atoms with Crippen LogP contribution in [0, 0.1) is 18.8 Å². The van der Waals surface area contributed by atoms with Gasteiger partial charge in [0.15, 0.2) is 0 Å². The monoisotopic (exact) mass is 459 g/mol. The fourth-order valence-electron chi connectivity index (χ4n) is 4.67. The summed E-state index contributed by atoms with van der Waals surface area (Å²) in [4.78, 5) is 39.0. The number of rotatable bonds is 6. The van der Waals surface area contributed by atoms with Crippen LogP contribution in [0.15, 0.2) is 35.2 Å². The third kappa shape index (κ3) is 4.36. The Kier molecular flexibility index (Phi) is 6.48. The number of nitrogens with zero attached hydrogens (tertiary/aromatic N) is 2. The van der Waals surface area contributed by atoms with Gasteiger partial charge in [-0.1, -0.05) is 24.6 Å². The molecule has 0 aromatic heterocycles. The van der Waals surface area contributed by atoms with E-state index in [-0.39, 0.29) is 47.4 Å². The van der Waals surface area contributed by atoms with E-state index in [4.69, 9.17) is 0 Å². The predicted molar refractivity (Wildman–Crippen MR) is 119 cm³/mol. The van der Waals surface area contributed by atoms with Crippen molar-refractivity contribution < 1.29 is 22.8 Å². The smallest absolute Gasteiger partial charge is 0.243 e. The minimum Gasteiger partial charge on any atom is -0.326 e. The highest BCUT2D eigenvalue weighted by molar-refractivity contribution is 7.89. The SMILES string of the molecule is Cc1ccc(S(=O)(=O)N2CCCCC2)cc1NC(=O)CCN1C(=O)[C@H]2CC=CC[C@@H]2C1=O. The zero-order chi connectivity index (χ0) is 22.9. The molecule has 0 bridgehead atoms. The third-order valence-electron chi connectivity index (χ3n) is 6.60. The number of likely N-dealkylation sites (tertiary alicyclic amines) is 1. The summed E-state index contributed by atoms with van der Waals surface area (Å²) in [5.74, 6) is -1.40. The van der Waals surface area contributed by atoms with Crippen LogP contribution in [0.2, 0.25) is 0 Å². The summed E-state index contributed by atoms with van der Waals surface area (Å²) in [5.41, 5.74) is 1.16. The second-order valence-corrected chi connectivity index (χ2v) is 10.7. The number of anilines is 1. The first-order valence-corrected chi connectivity index (χ1v) is 12.6. The molecule has 9 heteroatoms. The Morgan fingerprint density at radius 2 is 1.66 bits per heavy atom. The quantitative estimate of drug-likeness (QED) is 0.520. The van der Waals surface area contributed by atoms with E-state index in [0.29, 0.717) is 31.6 Å². The van der Waals surface area contributed by atoms with Crippen LogP contribution >= 0.6 is 0 Å². The standard InChI is InChI=1S/C23H29N3O5S/c1-16-9-10-17(32(30,31)25-12-5-2-6-13-25)15-20(16)24-21(27)11-14-26-22(28)18-7-3-4-8-19(18)23(26)29/h3-4,9-10,15,18-19H,2,5-8,11-14H2,1H3,(H,24,27)/t18-,19-/m0/s1. The normalized spacial score (nSPS) is 24.0. The van der Waals surface area contributed by atoms with Crippen LogP contribution in [-0.4, -0.2) is 55.0 Å². The topological polar surface area (TPSA) is 104 Å². The molecule has 2 saturated heterocycles.